The molecule has 8 heteroatoms. The van der Waals surface area contributed by atoms with Gasteiger partial charge in [0.1, 0.15) is 0 Å². The Morgan fingerprint density at radius 1 is 1.07 bits per heavy atom. The van der Waals surface area contributed by atoms with Crippen molar-refractivity contribution in [3.05, 3.63) is 35.3 Å². The second-order valence-corrected chi connectivity index (χ2v) is 8.07. The van der Waals surface area contributed by atoms with Crippen LogP contribution in [0.2, 0.25) is 0 Å². The summed E-state index contributed by atoms with van der Waals surface area (Å²) in [4.78, 5) is 24.0. The number of rotatable bonds is 8. The van der Waals surface area contributed by atoms with Gasteiger partial charge in [-0.3, -0.25) is 4.79 Å². The summed E-state index contributed by atoms with van der Waals surface area (Å²) >= 11 is 3.01. The van der Waals surface area contributed by atoms with E-state index in [0.29, 0.717) is 11.6 Å². The van der Waals surface area contributed by atoms with E-state index < -0.39 is 0 Å². The molecule has 2 N–H and O–H groups in total. The van der Waals surface area contributed by atoms with Crippen molar-refractivity contribution in [1.29, 1.82) is 0 Å². The molecule has 0 aliphatic rings. The van der Waals surface area contributed by atoms with Crippen LogP contribution in [0.15, 0.2) is 29.6 Å². The van der Waals surface area contributed by atoms with Crippen molar-refractivity contribution in [1.82, 2.24) is 9.97 Å². The lowest BCUT2D eigenvalue weighted by Gasteiger charge is -2.21. The van der Waals surface area contributed by atoms with Gasteiger partial charge in [-0.25, -0.2) is 9.97 Å². The Balaban J connectivity index is 1.71. The molecule has 6 nitrogen and oxygen atoms in total. The molecule has 2 aromatic heterocycles. The predicted molar refractivity (Wildman–Crippen MR) is 120 cm³/mol. The van der Waals surface area contributed by atoms with Gasteiger partial charge in [-0.2, -0.15) is 0 Å². The first-order chi connectivity index (χ1) is 13.5. The van der Waals surface area contributed by atoms with Gasteiger partial charge in [-0.1, -0.05) is 18.3 Å². The molecule has 0 unspecified atom stereocenters. The molecule has 0 saturated heterocycles. The Hall–Kier alpha value is -2.45. The minimum absolute atomic E-state index is 0.0332. The number of amides is 1. The van der Waals surface area contributed by atoms with Gasteiger partial charge in [0.2, 0.25) is 5.91 Å². The number of hydrogen-bond acceptors (Lipinski definition) is 7. The third-order valence-corrected chi connectivity index (χ3v) is 6.20. The van der Waals surface area contributed by atoms with Gasteiger partial charge in [0.15, 0.2) is 10.3 Å². The van der Waals surface area contributed by atoms with Crippen molar-refractivity contribution in [2.75, 3.05) is 28.6 Å². The Kier molecular flexibility index (Phi) is 6.64. The number of nitrogens with zero attached hydrogens (tertiary/aromatic N) is 3. The third-order valence-electron chi connectivity index (χ3n) is 4.35. The van der Waals surface area contributed by atoms with E-state index in [1.165, 1.54) is 17.0 Å². The molecule has 0 saturated carbocycles. The van der Waals surface area contributed by atoms with E-state index in [2.05, 4.69) is 58.6 Å². The minimum Gasteiger partial charge on any atom is -0.372 e. The molecule has 0 aliphatic heterocycles. The fourth-order valence-electron chi connectivity index (χ4n) is 2.80. The van der Waals surface area contributed by atoms with E-state index in [1.54, 1.807) is 11.3 Å². The highest BCUT2D eigenvalue weighted by Gasteiger charge is 2.14. The van der Waals surface area contributed by atoms with Crippen molar-refractivity contribution < 1.29 is 4.79 Å². The summed E-state index contributed by atoms with van der Waals surface area (Å²) in [5.41, 5.74) is 3.97. The fraction of sp³-hybridized carbons (Fsp3) is 0.350. The molecule has 0 aliphatic carbocycles. The molecule has 0 bridgehead atoms. The fourth-order valence-corrected chi connectivity index (χ4v) is 4.54. The maximum Gasteiger partial charge on any atom is 0.225 e. The van der Waals surface area contributed by atoms with E-state index in [-0.39, 0.29) is 5.91 Å². The van der Waals surface area contributed by atoms with Crippen LogP contribution < -0.4 is 15.5 Å². The van der Waals surface area contributed by atoms with Crippen molar-refractivity contribution >= 4 is 50.2 Å². The van der Waals surface area contributed by atoms with Crippen LogP contribution >= 0.6 is 22.7 Å². The molecule has 3 aromatic rings. The highest BCUT2D eigenvalue weighted by atomic mass is 32.1. The van der Waals surface area contributed by atoms with E-state index in [4.69, 9.17) is 4.98 Å². The van der Waals surface area contributed by atoms with Crippen LogP contribution in [0.1, 0.15) is 32.9 Å². The predicted octanol–water partition coefficient (Wildman–Crippen LogP) is 5.51. The second kappa shape index (κ2) is 9.16. The maximum atomic E-state index is 11.6. The zero-order valence-corrected chi connectivity index (χ0v) is 18.2. The number of carbonyl (C=O) groups is 1. The molecule has 0 fully saturated rings. The normalized spacial score (nSPS) is 10.7. The number of benzene rings is 1. The van der Waals surface area contributed by atoms with Gasteiger partial charge in [-0.05, 0) is 45.0 Å². The topological polar surface area (TPSA) is 70.2 Å². The lowest BCUT2D eigenvalue weighted by Crippen LogP contribution is -2.21. The zero-order valence-electron chi connectivity index (χ0n) is 16.6. The van der Waals surface area contributed by atoms with Crippen LogP contribution in [-0.2, 0) is 4.79 Å². The van der Waals surface area contributed by atoms with Crippen molar-refractivity contribution in [2.24, 2.45) is 0 Å². The summed E-state index contributed by atoms with van der Waals surface area (Å²) in [7, 11) is 0. The monoisotopic (exact) mass is 415 g/mol. The number of hydrogen-bond donors (Lipinski definition) is 2. The number of aryl methyl sites for hydroxylation is 1. The molecule has 1 amide bonds. The van der Waals surface area contributed by atoms with Crippen molar-refractivity contribution in [2.45, 2.75) is 34.1 Å². The highest BCUT2D eigenvalue weighted by molar-refractivity contribution is 7.20. The Morgan fingerprint density at radius 2 is 1.79 bits per heavy atom. The summed E-state index contributed by atoms with van der Waals surface area (Å²) in [6.45, 7) is 10.1. The Labute approximate surface area is 173 Å². The van der Waals surface area contributed by atoms with E-state index in [0.717, 1.165) is 40.2 Å². The SMILES string of the molecule is CCC(=O)Nc1nc(C)c(-c2csc(Nc3ccc(N(CC)CC)cc3)n2)s1. The molecular formula is C20H25N5OS2. The number of thiazole rings is 2. The van der Waals surface area contributed by atoms with Crippen LogP contribution in [-0.4, -0.2) is 29.0 Å². The first-order valence-corrected chi connectivity index (χ1v) is 11.1. The van der Waals surface area contributed by atoms with Crippen LogP contribution in [0.25, 0.3) is 10.6 Å². The average molecular weight is 416 g/mol. The van der Waals surface area contributed by atoms with Crippen molar-refractivity contribution in [3.63, 3.8) is 0 Å². The van der Waals surface area contributed by atoms with Crippen LogP contribution in [0.4, 0.5) is 21.6 Å². The zero-order chi connectivity index (χ0) is 20.1. The van der Waals surface area contributed by atoms with Gasteiger partial charge in [-0.15, -0.1) is 11.3 Å². The van der Waals surface area contributed by atoms with Crippen molar-refractivity contribution in [3.8, 4) is 10.6 Å². The molecule has 148 valence electrons. The molecule has 0 radical (unpaired) electrons. The largest absolute Gasteiger partial charge is 0.372 e. The van der Waals surface area contributed by atoms with Gasteiger partial charge < -0.3 is 15.5 Å². The molecular weight excluding hydrogens is 390 g/mol. The Morgan fingerprint density at radius 3 is 2.43 bits per heavy atom. The average Bonchev–Trinajstić information content (AvgIpc) is 3.30. The lowest BCUT2D eigenvalue weighted by molar-refractivity contribution is -0.115. The molecule has 2 heterocycles. The standard InChI is InChI=1S/C20H25N5OS2/c1-5-17(26)24-20-21-13(4)18(28-20)16-12-27-19(23-16)22-14-8-10-15(11-9-14)25(6-2)7-3/h8-12H,5-7H2,1-4H3,(H,22,23)(H,21,24,26). The molecule has 3 rings (SSSR count). The quantitative estimate of drug-likeness (QED) is 0.507. The first kappa shape index (κ1) is 20.3. The number of nitrogens with one attached hydrogen (secondary N) is 2. The van der Waals surface area contributed by atoms with Gasteiger partial charge >= 0.3 is 0 Å². The van der Waals surface area contributed by atoms with E-state index >= 15 is 0 Å². The minimum atomic E-state index is -0.0332. The lowest BCUT2D eigenvalue weighted by atomic mass is 10.2. The van der Waals surface area contributed by atoms with E-state index in [9.17, 15) is 4.79 Å². The van der Waals surface area contributed by atoms with E-state index in [1.807, 2.05) is 19.2 Å². The third kappa shape index (κ3) is 4.69. The first-order valence-electron chi connectivity index (χ1n) is 9.39. The number of aromatic nitrogens is 2. The Bertz CT molecular complexity index is 928. The molecule has 0 atom stereocenters. The summed E-state index contributed by atoms with van der Waals surface area (Å²) in [5.74, 6) is -0.0332. The number of carbonyl (C=O) groups excluding carboxylic acids is 1. The van der Waals surface area contributed by atoms with Crippen LogP contribution in [0.5, 0.6) is 0 Å². The summed E-state index contributed by atoms with van der Waals surface area (Å²) in [6, 6.07) is 8.40. The second-order valence-electron chi connectivity index (χ2n) is 6.22. The van der Waals surface area contributed by atoms with Gasteiger partial charge in [0, 0.05) is 36.3 Å². The van der Waals surface area contributed by atoms with Gasteiger partial charge in [0.05, 0.1) is 16.3 Å². The highest BCUT2D eigenvalue weighted by Crippen LogP contribution is 2.35. The molecule has 1 aromatic carbocycles. The summed E-state index contributed by atoms with van der Waals surface area (Å²) in [5, 5.41) is 9.65. The maximum absolute atomic E-state index is 11.6. The molecule has 28 heavy (non-hydrogen) atoms. The van der Waals surface area contributed by atoms with Gasteiger partial charge in [0.25, 0.3) is 0 Å². The number of anilines is 4. The molecule has 0 spiro atoms. The van der Waals surface area contributed by atoms with Crippen LogP contribution in [0.3, 0.4) is 0 Å². The summed E-state index contributed by atoms with van der Waals surface area (Å²) < 4.78 is 0. The van der Waals surface area contributed by atoms with Crippen LogP contribution in [0, 0.1) is 6.92 Å². The smallest absolute Gasteiger partial charge is 0.225 e. The summed E-state index contributed by atoms with van der Waals surface area (Å²) in [6.07, 6.45) is 0.436.